The fourth-order valence-electron chi connectivity index (χ4n) is 2.36. The molecule has 124 valence electrons. The van der Waals surface area contributed by atoms with Gasteiger partial charge in [-0.25, -0.2) is 0 Å². The van der Waals surface area contributed by atoms with Crippen molar-refractivity contribution in [3.8, 4) is 0 Å². The molecule has 0 aromatic carbocycles. The van der Waals surface area contributed by atoms with Gasteiger partial charge in [0, 0.05) is 25.6 Å². The maximum Gasteiger partial charge on any atom is 0.234 e. The molecule has 1 aromatic heterocycles. The number of hydrogen-bond donors (Lipinski definition) is 1. The SMILES string of the molecule is Cc1nnc(CN(CC(=O)NC[C@H]2CCCO2)C(C)(C)C)o1. The lowest BCUT2D eigenvalue weighted by Crippen LogP contribution is -2.47. The molecule has 7 nitrogen and oxygen atoms in total. The lowest BCUT2D eigenvalue weighted by molar-refractivity contribution is -0.124. The third-order valence-corrected chi connectivity index (χ3v) is 3.73. The Balaban J connectivity index is 1.87. The summed E-state index contributed by atoms with van der Waals surface area (Å²) >= 11 is 0. The predicted molar refractivity (Wildman–Crippen MR) is 81.2 cm³/mol. The number of nitrogens with one attached hydrogen (secondary N) is 1. The molecular formula is C15H26N4O3. The first kappa shape index (κ1) is 16.9. The minimum atomic E-state index is -0.177. The molecule has 1 fully saturated rings. The second-order valence-electron chi connectivity index (χ2n) is 6.68. The Bertz CT molecular complexity index is 489. The van der Waals surface area contributed by atoms with E-state index in [0.29, 0.717) is 24.9 Å². The lowest BCUT2D eigenvalue weighted by Gasteiger charge is -2.34. The molecule has 1 aromatic rings. The van der Waals surface area contributed by atoms with Crippen LogP contribution in [0.3, 0.4) is 0 Å². The number of hydrogen-bond acceptors (Lipinski definition) is 6. The predicted octanol–water partition coefficient (Wildman–Crippen LogP) is 1.27. The molecule has 2 rings (SSSR count). The maximum absolute atomic E-state index is 12.2. The van der Waals surface area contributed by atoms with Gasteiger partial charge in [0.25, 0.3) is 0 Å². The Labute approximate surface area is 131 Å². The molecule has 1 aliphatic heterocycles. The number of aromatic nitrogens is 2. The minimum Gasteiger partial charge on any atom is -0.424 e. The highest BCUT2D eigenvalue weighted by atomic mass is 16.5. The van der Waals surface area contributed by atoms with Crippen molar-refractivity contribution in [2.24, 2.45) is 0 Å². The van der Waals surface area contributed by atoms with Crippen LogP contribution in [0.4, 0.5) is 0 Å². The summed E-state index contributed by atoms with van der Waals surface area (Å²) in [4.78, 5) is 14.2. The van der Waals surface area contributed by atoms with E-state index >= 15 is 0 Å². The highest BCUT2D eigenvalue weighted by molar-refractivity contribution is 5.78. The van der Waals surface area contributed by atoms with Crippen molar-refractivity contribution in [3.05, 3.63) is 11.8 Å². The summed E-state index contributed by atoms with van der Waals surface area (Å²) in [6.07, 6.45) is 2.25. The third-order valence-electron chi connectivity index (χ3n) is 3.73. The first-order chi connectivity index (χ1) is 10.3. The summed E-state index contributed by atoms with van der Waals surface area (Å²) < 4.78 is 10.9. The van der Waals surface area contributed by atoms with Gasteiger partial charge in [0.05, 0.1) is 19.2 Å². The summed E-state index contributed by atoms with van der Waals surface area (Å²) in [6, 6.07) is 0. The summed E-state index contributed by atoms with van der Waals surface area (Å²) in [5.74, 6) is 1.05. The molecule has 22 heavy (non-hydrogen) atoms. The standard InChI is InChI=1S/C15H26N4O3/c1-11-17-18-14(22-11)10-19(15(2,3)4)9-13(20)16-8-12-6-5-7-21-12/h12H,5-10H2,1-4H3,(H,16,20)/t12-/m1/s1. The molecular weight excluding hydrogens is 284 g/mol. The summed E-state index contributed by atoms with van der Waals surface area (Å²) in [6.45, 7) is 10.1. The number of amides is 1. The molecule has 1 aliphatic rings. The van der Waals surface area contributed by atoms with Crippen LogP contribution in [-0.4, -0.2) is 52.3 Å². The number of carbonyl (C=O) groups excluding carboxylic acids is 1. The van der Waals surface area contributed by atoms with E-state index in [0.717, 1.165) is 19.4 Å². The Morgan fingerprint density at radius 3 is 2.73 bits per heavy atom. The van der Waals surface area contributed by atoms with Crippen LogP contribution in [0.2, 0.25) is 0 Å². The van der Waals surface area contributed by atoms with Gasteiger partial charge in [-0.05, 0) is 33.6 Å². The summed E-state index contributed by atoms with van der Waals surface area (Å²) in [5.41, 5.74) is -0.177. The number of aryl methyl sites for hydroxylation is 1. The van der Waals surface area contributed by atoms with Crippen molar-refractivity contribution < 1.29 is 13.9 Å². The Morgan fingerprint density at radius 2 is 2.18 bits per heavy atom. The Morgan fingerprint density at radius 1 is 1.41 bits per heavy atom. The number of rotatable bonds is 6. The van der Waals surface area contributed by atoms with Crippen LogP contribution in [0.5, 0.6) is 0 Å². The Kier molecular flexibility index (Phi) is 5.52. The van der Waals surface area contributed by atoms with Crippen molar-refractivity contribution in [2.75, 3.05) is 19.7 Å². The number of ether oxygens (including phenoxy) is 1. The zero-order chi connectivity index (χ0) is 16.2. The van der Waals surface area contributed by atoms with Crippen molar-refractivity contribution in [3.63, 3.8) is 0 Å². The smallest absolute Gasteiger partial charge is 0.234 e. The van der Waals surface area contributed by atoms with Gasteiger partial charge in [-0.1, -0.05) is 0 Å². The van der Waals surface area contributed by atoms with E-state index in [-0.39, 0.29) is 24.1 Å². The molecule has 1 saturated heterocycles. The molecule has 7 heteroatoms. The molecule has 2 heterocycles. The second kappa shape index (κ2) is 7.19. The van der Waals surface area contributed by atoms with Crippen molar-refractivity contribution in [1.82, 2.24) is 20.4 Å². The highest BCUT2D eigenvalue weighted by Gasteiger charge is 2.26. The third kappa shape index (κ3) is 5.06. The minimum absolute atomic E-state index is 0.0123. The van der Waals surface area contributed by atoms with E-state index in [2.05, 4.69) is 36.3 Å². The highest BCUT2D eigenvalue weighted by Crippen LogP contribution is 2.16. The van der Waals surface area contributed by atoms with Crippen LogP contribution >= 0.6 is 0 Å². The molecule has 0 unspecified atom stereocenters. The first-order valence-electron chi connectivity index (χ1n) is 7.77. The molecule has 0 spiro atoms. The monoisotopic (exact) mass is 310 g/mol. The Hall–Kier alpha value is -1.47. The summed E-state index contributed by atoms with van der Waals surface area (Å²) in [5, 5.41) is 10.8. The maximum atomic E-state index is 12.2. The lowest BCUT2D eigenvalue weighted by atomic mass is 10.1. The van der Waals surface area contributed by atoms with Gasteiger partial charge in [-0.3, -0.25) is 9.69 Å². The van der Waals surface area contributed by atoms with E-state index in [4.69, 9.17) is 9.15 Å². The van der Waals surface area contributed by atoms with E-state index in [9.17, 15) is 4.79 Å². The van der Waals surface area contributed by atoms with Crippen molar-refractivity contribution in [1.29, 1.82) is 0 Å². The largest absolute Gasteiger partial charge is 0.424 e. The molecule has 1 atom stereocenters. The fraction of sp³-hybridized carbons (Fsp3) is 0.800. The zero-order valence-electron chi connectivity index (χ0n) is 13.9. The van der Waals surface area contributed by atoms with E-state index in [1.165, 1.54) is 0 Å². The zero-order valence-corrected chi connectivity index (χ0v) is 13.9. The van der Waals surface area contributed by atoms with Gasteiger partial charge in [0.1, 0.15) is 0 Å². The van der Waals surface area contributed by atoms with E-state index in [1.807, 2.05) is 4.90 Å². The van der Waals surface area contributed by atoms with E-state index < -0.39 is 0 Å². The van der Waals surface area contributed by atoms with Gasteiger partial charge in [-0.15, -0.1) is 10.2 Å². The van der Waals surface area contributed by atoms with Crippen LogP contribution in [0.15, 0.2) is 4.42 Å². The average Bonchev–Trinajstić information content (AvgIpc) is 3.06. The van der Waals surface area contributed by atoms with Crippen molar-refractivity contribution >= 4 is 5.91 Å². The molecule has 1 N–H and O–H groups in total. The normalized spacial score (nSPS) is 18.9. The van der Waals surface area contributed by atoms with Crippen LogP contribution < -0.4 is 5.32 Å². The van der Waals surface area contributed by atoms with Gasteiger partial charge >= 0.3 is 0 Å². The van der Waals surface area contributed by atoms with Gasteiger partial charge in [-0.2, -0.15) is 0 Å². The molecule has 0 saturated carbocycles. The van der Waals surface area contributed by atoms with Gasteiger partial charge < -0.3 is 14.5 Å². The van der Waals surface area contributed by atoms with Crippen LogP contribution in [0.25, 0.3) is 0 Å². The second-order valence-corrected chi connectivity index (χ2v) is 6.68. The van der Waals surface area contributed by atoms with Crippen LogP contribution in [0.1, 0.15) is 45.4 Å². The number of nitrogens with zero attached hydrogens (tertiary/aromatic N) is 3. The fourth-order valence-corrected chi connectivity index (χ4v) is 2.36. The van der Waals surface area contributed by atoms with Crippen LogP contribution in [0, 0.1) is 6.92 Å². The molecule has 1 amide bonds. The van der Waals surface area contributed by atoms with Gasteiger partial charge in [0.15, 0.2) is 0 Å². The van der Waals surface area contributed by atoms with Crippen molar-refractivity contribution in [2.45, 2.75) is 58.7 Å². The molecule has 0 radical (unpaired) electrons. The number of carbonyl (C=O) groups is 1. The molecule has 0 bridgehead atoms. The topological polar surface area (TPSA) is 80.5 Å². The molecule has 0 aliphatic carbocycles. The average molecular weight is 310 g/mol. The van der Waals surface area contributed by atoms with E-state index in [1.54, 1.807) is 6.92 Å². The van der Waals surface area contributed by atoms with Gasteiger partial charge in [0.2, 0.25) is 17.7 Å². The summed E-state index contributed by atoms with van der Waals surface area (Å²) in [7, 11) is 0. The first-order valence-corrected chi connectivity index (χ1v) is 7.77. The quantitative estimate of drug-likeness (QED) is 0.852. The van der Waals surface area contributed by atoms with Crippen LogP contribution in [-0.2, 0) is 16.1 Å².